The minimum absolute atomic E-state index is 0.158. The van der Waals surface area contributed by atoms with E-state index in [1.165, 1.54) is 15.3 Å². The van der Waals surface area contributed by atoms with Crippen molar-refractivity contribution in [2.24, 2.45) is 0 Å². The molecule has 2 aliphatic rings. The third kappa shape index (κ3) is 2.17. The number of carbonyl (C=O) groups is 2. The molecule has 4 rings (SSSR count). The fourth-order valence-electron chi connectivity index (χ4n) is 3.18. The Balaban J connectivity index is 1.43. The van der Waals surface area contributed by atoms with Gasteiger partial charge in [0.15, 0.2) is 0 Å². The first-order valence-corrected chi connectivity index (χ1v) is 8.35. The largest absolute Gasteiger partial charge is 0.297 e. The lowest BCUT2D eigenvalue weighted by Gasteiger charge is -2.28. The predicted octanol–water partition coefficient (Wildman–Crippen LogP) is 2.40. The molecule has 0 saturated heterocycles. The van der Waals surface area contributed by atoms with Crippen molar-refractivity contribution >= 4 is 23.2 Å². The van der Waals surface area contributed by atoms with Crippen LogP contribution in [0.25, 0.3) is 0 Å². The highest BCUT2D eigenvalue weighted by atomic mass is 32.1. The maximum Gasteiger partial charge on any atom is 0.261 e. The van der Waals surface area contributed by atoms with Gasteiger partial charge in [-0.1, -0.05) is 12.1 Å². The van der Waals surface area contributed by atoms with Gasteiger partial charge in [-0.15, -0.1) is 11.3 Å². The lowest BCUT2D eigenvalue weighted by molar-refractivity contribution is 0.0633. The third-order valence-electron chi connectivity index (χ3n) is 4.40. The van der Waals surface area contributed by atoms with Gasteiger partial charge in [-0.3, -0.25) is 19.4 Å². The van der Waals surface area contributed by atoms with Crippen LogP contribution in [0.4, 0.5) is 0 Å². The van der Waals surface area contributed by atoms with Crippen molar-refractivity contribution in [3.05, 3.63) is 57.3 Å². The van der Waals surface area contributed by atoms with Crippen molar-refractivity contribution in [3.63, 3.8) is 0 Å². The summed E-state index contributed by atoms with van der Waals surface area (Å²) in [5, 5.41) is 2.14. The summed E-state index contributed by atoms with van der Waals surface area (Å²) in [6, 6.07) is 9.24. The molecule has 0 saturated carbocycles. The summed E-state index contributed by atoms with van der Waals surface area (Å²) in [7, 11) is 0. The van der Waals surface area contributed by atoms with E-state index in [1.807, 2.05) is 11.3 Å². The van der Waals surface area contributed by atoms with Crippen LogP contribution in [0.3, 0.4) is 0 Å². The molecule has 5 heteroatoms. The Morgan fingerprint density at radius 3 is 2.45 bits per heavy atom. The average molecular weight is 312 g/mol. The zero-order valence-corrected chi connectivity index (χ0v) is 12.9. The number of imide groups is 1. The van der Waals surface area contributed by atoms with Gasteiger partial charge in [0.25, 0.3) is 11.8 Å². The maximum absolute atomic E-state index is 12.3. The number of rotatable bonds is 3. The SMILES string of the molecule is O=C1c2ccccc2C(=O)N1CCN1CCc2sccc2C1. The van der Waals surface area contributed by atoms with Crippen molar-refractivity contribution in [2.45, 2.75) is 13.0 Å². The topological polar surface area (TPSA) is 40.6 Å². The van der Waals surface area contributed by atoms with Gasteiger partial charge in [0.05, 0.1) is 11.1 Å². The molecule has 2 aromatic rings. The molecule has 0 atom stereocenters. The van der Waals surface area contributed by atoms with E-state index in [9.17, 15) is 9.59 Å². The molecule has 0 fully saturated rings. The van der Waals surface area contributed by atoms with Crippen molar-refractivity contribution in [3.8, 4) is 0 Å². The van der Waals surface area contributed by atoms with E-state index in [0.29, 0.717) is 17.7 Å². The first kappa shape index (κ1) is 13.7. The van der Waals surface area contributed by atoms with Crippen LogP contribution in [0.1, 0.15) is 31.2 Å². The van der Waals surface area contributed by atoms with Crippen LogP contribution in [0.2, 0.25) is 0 Å². The molecule has 112 valence electrons. The molecule has 1 aromatic carbocycles. The second-order valence-electron chi connectivity index (χ2n) is 5.70. The van der Waals surface area contributed by atoms with Crippen LogP contribution < -0.4 is 0 Å². The van der Waals surface area contributed by atoms with E-state index in [4.69, 9.17) is 0 Å². The van der Waals surface area contributed by atoms with Crippen LogP contribution in [0.5, 0.6) is 0 Å². The number of carbonyl (C=O) groups excluding carboxylic acids is 2. The van der Waals surface area contributed by atoms with Crippen LogP contribution in [0.15, 0.2) is 35.7 Å². The lowest BCUT2D eigenvalue weighted by atomic mass is 10.1. The molecule has 0 aliphatic carbocycles. The number of hydrogen-bond acceptors (Lipinski definition) is 4. The highest BCUT2D eigenvalue weighted by molar-refractivity contribution is 7.10. The fourth-order valence-corrected chi connectivity index (χ4v) is 4.07. The summed E-state index contributed by atoms with van der Waals surface area (Å²) in [5.41, 5.74) is 2.45. The summed E-state index contributed by atoms with van der Waals surface area (Å²) in [6.07, 6.45) is 1.06. The molecule has 0 unspecified atom stereocenters. The quantitative estimate of drug-likeness (QED) is 0.817. The summed E-state index contributed by atoms with van der Waals surface area (Å²) in [5.74, 6) is -0.317. The summed E-state index contributed by atoms with van der Waals surface area (Å²) in [6.45, 7) is 3.12. The number of amides is 2. The van der Waals surface area contributed by atoms with Gasteiger partial charge in [-0.2, -0.15) is 0 Å². The number of nitrogens with zero attached hydrogens (tertiary/aromatic N) is 2. The molecular weight excluding hydrogens is 296 g/mol. The van der Waals surface area contributed by atoms with Crippen LogP contribution in [0, 0.1) is 0 Å². The Bertz CT molecular complexity index is 718. The van der Waals surface area contributed by atoms with Crippen molar-refractivity contribution < 1.29 is 9.59 Å². The number of benzene rings is 1. The third-order valence-corrected chi connectivity index (χ3v) is 5.43. The van der Waals surface area contributed by atoms with E-state index < -0.39 is 0 Å². The lowest BCUT2D eigenvalue weighted by Crippen LogP contribution is -2.40. The van der Waals surface area contributed by atoms with Gasteiger partial charge in [-0.05, 0) is 35.6 Å². The van der Waals surface area contributed by atoms with Gasteiger partial charge in [-0.25, -0.2) is 0 Å². The Morgan fingerprint density at radius 1 is 1.00 bits per heavy atom. The van der Waals surface area contributed by atoms with Crippen LogP contribution in [-0.2, 0) is 13.0 Å². The molecule has 0 N–H and O–H groups in total. The molecular formula is C17H16N2O2S. The summed E-state index contributed by atoms with van der Waals surface area (Å²) >= 11 is 1.82. The maximum atomic E-state index is 12.3. The van der Waals surface area contributed by atoms with Gasteiger partial charge in [0.1, 0.15) is 0 Å². The Hall–Kier alpha value is -1.98. The van der Waals surface area contributed by atoms with Crippen molar-refractivity contribution in [1.82, 2.24) is 9.80 Å². The number of fused-ring (bicyclic) bond motifs is 2. The molecule has 0 radical (unpaired) electrons. The van der Waals surface area contributed by atoms with E-state index in [1.54, 1.807) is 24.3 Å². The molecule has 22 heavy (non-hydrogen) atoms. The van der Waals surface area contributed by atoms with E-state index in [2.05, 4.69) is 16.3 Å². The van der Waals surface area contributed by atoms with Gasteiger partial charge < -0.3 is 0 Å². The molecule has 3 heterocycles. The molecule has 1 aromatic heterocycles. The van der Waals surface area contributed by atoms with E-state index in [-0.39, 0.29) is 11.8 Å². The molecule has 2 aliphatic heterocycles. The normalized spacial score (nSPS) is 17.7. The van der Waals surface area contributed by atoms with Crippen molar-refractivity contribution in [2.75, 3.05) is 19.6 Å². The van der Waals surface area contributed by atoms with Crippen molar-refractivity contribution in [1.29, 1.82) is 0 Å². The first-order valence-electron chi connectivity index (χ1n) is 7.47. The Morgan fingerprint density at radius 2 is 1.73 bits per heavy atom. The van der Waals surface area contributed by atoms with Gasteiger partial charge in [0, 0.05) is 31.1 Å². The standard InChI is InChI=1S/C17H16N2O2S/c20-16-13-3-1-2-4-14(13)17(21)19(16)9-8-18-7-5-15-12(11-18)6-10-22-15/h1-4,6,10H,5,7-9,11H2. The molecule has 0 bridgehead atoms. The van der Waals surface area contributed by atoms with E-state index >= 15 is 0 Å². The molecule has 4 nitrogen and oxygen atoms in total. The average Bonchev–Trinajstić information content (AvgIpc) is 3.10. The molecule has 2 amide bonds. The van der Waals surface area contributed by atoms with Gasteiger partial charge >= 0.3 is 0 Å². The van der Waals surface area contributed by atoms with Crippen LogP contribution >= 0.6 is 11.3 Å². The minimum Gasteiger partial charge on any atom is -0.297 e. The smallest absolute Gasteiger partial charge is 0.261 e. The highest BCUT2D eigenvalue weighted by Gasteiger charge is 2.35. The number of hydrogen-bond donors (Lipinski definition) is 0. The Kier molecular flexibility index (Phi) is 3.32. The zero-order chi connectivity index (χ0) is 15.1. The van der Waals surface area contributed by atoms with E-state index in [0.717, 1.165) is 26.1 Å². The zero-order valence-electron chi connectivity index (χ0n) is 12.1. The van der Waals surface area contributed by atoms with Crippen LogP contribution in [-0.4, -0.2) is 41.2 Å². The predicted molar refractivity (Wildman–Crippen MR) is 85.1 cm³/mol. The molecule has 0 spiro atoms. The summed E-state index contributed by atoms with van der Waals surface area (Å²) < 4.78 is 0. The van der Waals surface area contributed by atoms with Gasteiger partial charge in [0.2, 0.25) is 0 Å². The first-order chi connectivity index (χ1) is 10.7. The fraction of sp³-hybridized carbons (Fsp3) is 0.294. The summed E-state index contributed by atoms with van der Waals surface area (Å²) in [4.78, 5) is 29.8. The second kappa shape index (κ2) is 5.34. The Labute approximate surface area is 133 Å². The monoisotopic (exact) mass is 312 g/mol. The highest BCUT2D eigenvalue weighted by Crippen LogP contribution is 2.25. The second-order valence-corrected chi connectivity index (χ2v) is 6.70. The number of thiophene rings is 1. The minimum atomic E-state index is -0.158.